The zero-order valence-electron chi connectivity index (χ0n) is 33.3. The lowest BCUT2D eigenvalue weighted by Crippen LogP contribution is -2.52. The first-order valence-corrected chi connectivity index (χ1v) is 21.3. The Balaban J connectivity index is 0.00000121. The van der Waals surface area contributed by atoms with E-state index in [1.165, 1.54) is 34.0 Å². The van der Waals surface area contributed by atoms with Gasteiger partial charge >= 0.3 is 11.7 Å². The number of piperazine rings is 1. The summed E-state index contributed by atoms with van der Waals surface area (Å²) in [6, 6.07) is 10.5. The number of halogens is 1. The number of carbonyl (C=O) groups excluding carboxylic acids is 1. The number of nitrogens with zero attached hydrogens (tertiary/aromatic N) is 4. The van der Waals surface area contributed by atoms with E-state index in [0.29, 0.717) is 55.9 Å². The minimum absolute atomic E-state index is 0.0715. The maximum absolute atomic E-state index is 15.7. The van der Waals surface area contributed by atoms with Crippen LogP contribution in [0.2, 0.25) is 0 Å². The molecule has 1 atom stereocenters. The van der Waals surface area contributed by atoms with Gasteiger partial charge in [-0.2, -0.15) is 8.42 Å². The van der Waals surface area contributed by atoms with E-state index in [4.69, 9.17) is 19.1 Å². The topological polar surface area (TPSA) is 205 Å². The van der Waals surface area contributed by atoms with Crippen LogP contribution >= 0.6 is 0 Å². The Morgan fingerprint density at radius 1 is 1.03 bits per heavy atom. The Morgan fingerprint density at radius 2 is 1.76 bits per heavy atom. The van der Waals surface area contributed by atoms with Crippen molar-refractivity contribution in [3.05, 3.63) is 96.2 Å². The second-order valence-electron chi connectivity index (χ2n) is 14.7. The molecule has 4 aromatic rings. The molecule has 18 heteroatoms. The number of hydrogen-bond donors (Lipinski definition) is 4. The van der Waals surface area contributed by atoms with Gasteiger partial charge in [0.15, 0.2) is 0 Å². The summed E-state index contributed by atoms with van der Waals surface area (Å²) < 4.78 is 55.1. The minimum Gasteiger partial charge on any atom is -0.459 e. The molecule has 2 aromatic heterocycles. The van der Waals surface area contributed by atoms with Gasteiger partial charge in [-0.05, 0) is 87.9 Å². The number of ether oxygens (including phenoxy) is 2. The van der Waals surface area contributed by atoms with Crippen LogP contribution in [-0.4, -0.2) is 108 Å². The first-order chi connectivity index (χ1) is 27.6. The number of carbonyl (C=O) groups is 1. The van der Waals surface area contributed by atoms with Crippen LogP contribution in [0.25, 0.3) is 10.9 Å². The van der Waals surface area contributed by atoms with Gasteiger partial charge in [0.1, 0.15) is 23.8 Å². The van der Waals surface area contributed by atoms with Crippen LogP contribution in [-0.2, 0) is 32.6 Å². The molecule has 1 saturated heterocycles. The molecule has 0 spiro atoms. The Bertz CT molecular complexity index is 2340. The monoisotopic (exact) mass is 828 g/mol. The molecule has 0 bridgehead atoms. The zero-order valence-corrected chi connectivity index (χ0v) is 34.1. The van der Waals surface area contributed by atoms with Crippen molar-refractivity contribution in [2.24, 2.45) is 0 Å². The van der Waals surface area contributed by atoms with Crippen LogP contribution in [0.1, 0.15) is 67.1 Å². The third-order valence-electron chi connectivity index (χ3n) is 10.2. The molecule has 2 aliphatic rings. The van der Waals surface area contributed by atoms with Gasteiger partial charge in [-0.15, -0.1) is 0 Å². The molecule has 1 aliphatic carbocycles. The smallest absolute Gasteiger partial charge is 0.343 e. The van der Waals surface area contributed by atoms with Gasteiger partial charge in [0.25, 0.3) is 15.7 Å². The Morgan fingerprint density at radius 3 is 2.41 bits per heavy atom. The summed E-state index contributed by atoms with van der Waals surface area (Å²) in [5, 5.41) is 12.1. The second-order valence-corrected chi connectivity index (χ2v) is 16.1. The predicted octanol–water partition coefficient (Wildman–Crippen LogP) is 3.60. The number of aromatic nitrogens is 3. The highest BCUT2D eigenvalue weighted by Crippen LogP contribution is 2.38. The first-order valence-electron chi connectivity index (χ1n) is 19.4. The van der Waals surface area contributed by atoms with Crippen molar-refractivity contribution in [1.82, 2.24) is 19.0 Å². The SMILES string of the molecule is CCc1cc(Nc2cc(=O)n(CCCCN3CCN(c4cc5c(cc4F)c(=O)c(C(=O)OCCOCCO)cn5C4CC4)CC3C)c(=O)[nH]2)ccc1C.CS(=O)(=O)O. The molecule has 16 nitrogen and oxygen atoms in total. The van der Waals surface area contributed by atoms with Crippen molar-refractivity contribution < 1.29 is 36.7 Å². The number of aliphatic hydroxyl groups excluding tert-OH is 1. The van der Waals surface area contributed by atoms with E-state index in [-0.39, 0.29) is 55.0 Å². The van der Waals surface area contributed by atoms with E-state index < -0.39 is 33.0 Å². The number of aryl methyl sites for hydroxylation is 2. The number of esters is 1. The number of aromatic amines is 1. The summed E-state index contributed by atoms with van der Waals surface area (Å²) in [5.41, 5.74) is 2.66. The van der Waals surface area contributed by atoms with Crippen molar-refractivity contribution in [1.29, 1.82) is 0 Å². The maximum atomic E-state index is 15.7. The Hall–Kier alpha value is -4.88. The molecule has 0 amide bonds. The van der Waals surface area contributed by atoms with Crippen molar-refractivity contribution >= 4 is 44.2 Å². The number of anilines is 3. The van der Waals surface area contributed by atoms with Gasteiger partial charge in [0, 0.05) is 61.6 Å². The zero-order chi connectivity index (χ0) is 42.1. The lowest BCUT2D eigenvalue weighted by Gasteiger charge is -2.41. The third-order valence-corrected chi connectivity index (χ3v) is 10.2. The highest BCUT2D eigenvalue weighted by atomic mass is 32.2. The lowest BCUT2D eigenvalue weighted by molar-refractivity contribution is 0.0256. The standard InChI is InChI=1S/C39H49FN6O7.CH4O3S/c1-4-27-19-28(8-7-25(27)2)41-35-22-36(48)45(39(51)42-35)12-6-5-11-43-13-14-44(23-26(43)3)34-21-33-30(20-32(34)40)37(49)31(24-46(33)29-9-10-29)38(50)53-18-17-52-16-15-47;1-5(2,3)4/h7-8,19-22,24,26,29,41,47H,4-6,9-18,23H2,1-3H3,(H,42,51);1H3,(H,2,3,4). The molecular weight excluding hydrogens is 776 g/mol. The summed E-state index contributed by atoms with van der Waals surface area (Å²) >= 11 is 0. The number of rotatable bonds is 16. The van der Waals surface area contributed by atoms with Gasteiger partial charge in [-0.1, -0.05) is 13.0 Å². The Kier molecular flexibility index (Phi) is 15.0. The number of unbranched alkanes of at least 4 members (excludes halogenated alkanes) is 1. The first kappa shape index (κ1) is 44.2. The van der Waals surface area contributed by atoms with Crippen molar-refractivity contribution in [2.45, 2.75) is 71.5 Å². The van der Waals surface area contributed by atoms with Gasteiger partial charge in [-0.25, -0.2) is 14.0 Å². The molecule has 316 valence electrons. The van der Waals surface area contributed by atoms with Crippen LogP contribution in [0.3, 0.4) is 0 Å². The highest BCUT2D eigenvalue weighted by Gasteiger charge is 2.30. The molecule has 0 radical (unpaired) electrons. The minimum atomic E-state index is -3.67. The van der Waals surface area contributed by atoms with Crippen LogP contribution < -0.4 is 26.9 Å². The molecular formula is C40H53FN6O10S. The molecule has 1 aliphatic heterocycles. The fourth-order valence-corrected chi connectivity index (χ4v) is 7.05. The summed E-state index contributed by atoms with van der Waals surface area (Å²) in [6.45, 7) is 9.14. The number of fused-ring (bicyclic) bond motifs is 1. The average molecular weight is 829 g/mol. The number of nitrogens with one attached hydrogen (secondary N) is 2. The fraction of sp³-hybridized carbons (Fsp3) is 0.500. The fourth-order valence-electron chi connectivity index (χ4n) is 7.05. The molecule has 6 rings (SSSR count). The molecule has 1 saturated carbocycles. The van der Waals surface area contributed by atoms with E-state index in [9.17, 15) is 27.6 Å². The van der Waals surface area contributed by atoms with Crippen molar-refractivity contribution in [3.8, 4) is 0 Å². The maximum Gasteiger partial charge on any atom is 0.343 e. The number of H-pyrrole nitrogens is 1. The van der Waals surface area contributed by atoms with Crippen LogP contribution in [0.15, 0.2) is 57.0 Å². The van der Waals surface area contributed by atoms with Gasteiger partial charge in [0.2, 0.25) is 5.43 Å². The predicted molar refractivity (Wildman–Crippen MR) is 220 cm³/mol. The highest BCUT2D eigenvalue weighted by molar-refractivity contribution is 7.85. The number of benzene rings is 2. The van der Waals surface area contributed by atoms with E-state index in [2.05, 4.69) is 36.0 Å². The van der Waals surface area contributed by atoms with Crippen LogP contribution in [0, 0.1) is 12.7 Å². The van der Waals surface area contributed by atoms with Gasteiger partial charge in [0.05, 0.1) is 37.3 Å². The van der Waals surface area contributed by atoms with Crippen molar-refractivity contribution in [2.75, 3.05) is 69.1 Å². The van der Waals surface area contributed by atoms with Crippen LogP contribution in [0.4, 0.5) is 21.6 Å². The summed E-state index contributed by atoms with van der Waals surface area (Å²) in [6.07, 6.45) is 6.33. The quantitative estimate of drug-likeness (QED) is 0.0725. The van der Waals surface area contributed by atoms with E-state index in [1.54, 1.807) is 6.07 Å². The van der Waals surface area contributed by atoms with E-state index in [1.807, 2.05) is 27.7 Å². The summed E-state index contributed by atoms with van der Waals surface area (Å²) in [5.74, 6) is -0.960. The number of aliphatic hydroxyl groups is 1. The van der Waals surface area contributed by atoms with Gasteiger partial charge < -0.3 is 29.4 Å². The molecule has 3 heterocycles. The molecule has 1 unspecified atom stereocenters. The Labute approximate surface area is 335 Å². The lowest BCUT2D eigenvalue weighted by atomic mass is 10.1. The van der Waals surface area contributed by atoms with E-state index in [0.717, 1.165) is 37.9 Å². The number of pyridine rings is 1. The summed E-state index contributed by atoms with van der Waals surface area (Å²) in [7, 11) is -3.67. The molecule has 2 aromatic carbocycles. The second kappa shape index (κ2) is 19.7. The average Bonchev–Trinajstić information content (AvgIpc) is 4.00. The molecule has 2 fully saturated rings. The van der Waals surface area contributed by atoms with Gasteiger partial charge in [-0.3, -0.25) is 28.6 Å². The van der Waals surface area contributed by atoms with Crippen LogP contribution in [0.5, 0.6) is 0 Å². The van der Waals surface area contributed by atoms with E-state index >= 15 is 4.39 Å². The molecule has 58 heavy (non-hydrogen) atoms. The van der Waals surface area contributed by atoms with Crippen molar-refractivity contribution in [3.63, 3.8) is 0 Å². The number of hydrogen-bond acceptors (Lipinski definition) is 12. The third kappa shape index (κ3) is 11.8. The summed E-state index contributed by atoms with van der Waals surface area (Å²) in [4.78, 5) is 59.0. The molecule has 4 N–H and O–H groups in total. The largest absolute Gasteiger partial charge is 0.459 e. The normalized spacial score (nSPS) is 15.9.